The molecule has 32 heavy (non-hydrogen) atoms. The van der Waals surface area contributed by atoms with Crippen molar-refractivity contribution in [3.63, 3.8) is 0 Å². The molecule has 0 N–H and O–H groups in total. The van der Waals surface area contributed by atoms with E-state index in [4.69, 9.17) is 14.2 Å². The number of rotatable bonds is 9. The lowest BCUT2D eigenvalue weighted by Gasteiger charge is -2.23. The summed E-state index contributed by atoms with van der Waals surface area (Å²) in [5, 5.41) is 11.7. The number of ether oxygens (including phenoxy) is 3. The number of methoxy groups -OCH3 is 1. The van der Waals surface area contributed by atoms with Gasteiger partial charge < -0.3 is 14.2 Å². The van der Waals surface area contributed by atoms with Gasteiger partial charge in [-0.15, -0.1) is 0 Å². The van der Waals surface area contributed by atoms with E-state index in [1.807, 2.05) is 18.2 Å². The van der Waals surface area contributed by atoms with Crippen molar-refractivity contribution in [1.29, 1.82) is 0 Å². The Bertz CT molecular complexity index is 939. The summed E-state index contributed by atoms with van der Waals surface area (Å²) in [4.78, 5) is 37.2. The number of carbonyl (C=O) groups excluding carboxylic acids is 2. The van der Waals surface area contributed by atoms with Crippen molar-refractivity contribution < 1.29 is 28.7 Å². The molecule has 0 aliphatic heterocycles. The lowest BCUT2D eigenvalue weighted by Crippen LogP contribution is -2.33. The maximum absolute atomic E-state index is 12.9. The van der Waals surface area contributed by atoms with Crippen LogP contribution < -0.4 is 9.64 Å². The van der Waals surface area contributed by atoms with E-state index < -0.39 is 22.6 Å². The second-order valence-corrected chi connectivity index (χ2v) is 7.97. The van der Waals surface area contributed by atoms with E-state index >= 15 is 0 Å². The van der Waals surface area contributed by atoms with Crippen LogP contribution in [-0.4, -0.2) is 36.2 Å². The summed E-state index contributed by atoms with van der Waals surface area (Å²) in [5.41, 5.74) is -0.188. The molecule has 2 aromatic rings. The summed E-state index contributed by atoms with van der Waals surface area (Å²) in [6, 6.07) is 13.5. The number of hydrogen-bond acceptors (Lipinski definition) is 7. The highest BCUT2D eigenvalue weighted by atomic mass is 16.6. The van der Waals surface area contributed by atoms with Gasteiger partial charge >= 0.3 is 17.7 Å². The predicted molar refractivity (Wildman–Crippen MR) is 119 cm³/mol. The van der Waals surface area contributed by atoms with E-state index in [2.05, 4.69) is 0 Å². The zero-order valence-electron chi connectivity index (χ0n) is 18.7. The first kappa shape index (κ1) is 24.6. The number of esters is 1. The van der Waals surface area contributed by atoms with Gasteiger partial charge in [0.15, 0.2) is 5.75 Å². The first-order chi connectivity index (χ1) is 15.1. The largest absolute Gasteiger partial charge is 0.490 e. The standard InChI is InChI=1S/C23H28N2O7/c1-23(2,3)32-20(26)14-9-15-24(22(27)31-16-17-10-6-5-7-11-17)18-12-8-13-19(30-4)21(18)25(28)29/h5-8,10-13H,9,14-16H2,1-4H3. The Labute approximate surface area is 187 Å². The molecule has 0 bridgehead atoms. The maximum Gasteiger partial charge on any atom is 0.414 e. The van der Waals surface area contributed by atoms with Crippen LogP contribution >= 0.6 is 0 Å². The monoisotopic (exact) mass is 444 g/mol. The van der Waals surface area contributed by atoms with Crippen molar-refractivity contribution in [3.8, 4) is 5.75 Å². The number of para-hydroxylation sites is 1. The van der Waals surface area contributed by atoms with Gasteiger partial charge in [-0.3, -0.25) is 19.8 Å². The van der Waals surface area contributed by atoms with Gasteiger partial charge in [-0.1, -0.05) is 36.4 Å². The Hall–Kier alpha value is -3.62. The van der Waals surface area contributed by atoms with E-state index in [1.54, 1.807) is 39.0 Å². The van der Waals surface area contributed by atoms with Crippen molar-refractivity contribution >= 4 is 23.4 Å². The molecule has 0 saturated carbocycles. The lowest BCUT2D eigenvalue weighted by molar-refractivity contribution is -0.385. The topological polar surface area (TPSA) is 108 Å². The molecule has 0 aliphatic rings. The third-order valence-corrected chi connectivity index (χ3v) is 4.28. The Morgan fingerprint density at radius 2 is 1.75 bits per heavy atom. The molecule has 0 aliphatic carbocycles. The third-order valence-electron chi connectivity index (χ3n) is 4.28. The summed E-state index contributed by atoms with van der Waals surface area (Å²) >= 11 is 0. The number of amides is 1. The Morgan fingerprint density at radius 3 is 2.34 bits per heavy atom. The molecule has 2 rings (SSSR count). The lowest BCUT2D eigenvalue weighted by atomic mass is 10.2. The molecule has 172 valence electrons. The van der Waals surface area contributed by atoms with Crippen LogP contribution in [0.25, 0.3) is 0 Å². The van der Waals surface area contributed by atoms with Crippen LogP contribution in [0.1, 0.15) is 39.2 Å². The second-order valence-electron chi connectivity index (χ2n) is 7.97. The van der Waals surface area contributed by atoms with E-state index in [0.29, 0.717) is 0 Å². The Kier molecular flexibility index (Phi) is 8.57. The molecular weight excluding hydrogens is 416 g/mol. The number of anilines is 1. The first-order valence-electron chi connectivity index (χ1n) is 10.1. The molecule has 9 nitrogen and oxygen atoms in total. The van der Waals surface area contributed by atoms with Gasteiger partial charge in [0.1, 0.15) is 17.9 Å². The van der Waals surface area contributed by atoms with Gasteiger partial charge in [0.05, 0.1) is 12.0 Å². The van der Waals surface area contributed by atoms with Gasteiger partial charge in [-0.25, -0.2) is 4.79 Å². The number of nitro benzene ring substituents is 1. The Morgan fingerprint density at radius 1 is 1.06 bits per heavy atom. The molecule has 2 aromatic carbocycles. The average molecular weight is 444 g/mol. The normalized spacial score (nSPS) is 10.9. The van der Waals surface area contributed by atoms with Crippen LogP contribution in [-0.2, 0) is 20.9 Å². The van der Waals surface area contributed by atoms with Gasteiger partial charge in [0.2, 0.25) is 0 Å². The first-order valence-corrected chi connectivity index (χ1v) is 10.1. The smallest absolute Gasteiger partial charge is 0.414 e. The molecule has 0 aromatic heterocycles. The maximum atomic E-state index is 12.9. The zero-order chi connectivity index (χ0) is 23.7. The SMILES string of the molecule is COc1cccc(N(CCCC(=O)OC(C)(C)C)C(=O)OCc2ccccc2)c1[N+](=O)[O-]. The third kappa shape index (κ3) is 7.26. The number of nitro groups is 1. The van der Waals surface area contributed by atoms with Crippen molar-refractivity contribution in [2.24, 2.45) is 0 Å². The number of nitrogens with zero attached hydrogens (tertiary/aromatic N) is 2. The predicted octanol–water partition coefficient (Wildman–Crippen LogP) is 4.87. The summed E-state index contributed by atoms with van der Waals surface area (Å²) < 4.78 is 15.8. The molecule has 9 heteroatoms. The van der Waals surface area contributed by atoms with Crippen LogP contribution in [0.3, 0.4) is 0 Å². The quantitative estimate of drug-likeness (QED) is 0.308. The van der Waals surface area contributed by atoms with Crippen molar-refractivity contribution in [3.05, 3.63) is 64.2 Å². The highest BCUT2D eigenvalue weighted by Gasteiger charge is 2.29. The van der Waals surface area contributed by atoms with Gasteiger partial charge in [0.25, 0.3) is 0 Å². The minimum Gasteiger partial charge on any atom is -0.490 e. The minimum absolute atomic E-state index is 0.00000520. The van der Waals surface area contributed by atoms with Crippen molar-refractivity contribution in [1.82, 2.24) is 0 Å². The second kappa shape index (κ2) is 11.1. The van der Waals surface area contributed by atoms with Crippen LogP contribution in [0.4, 0.5) is 16.2 Å². The van der Waals surface area contributed by atoms with Gasteiger partial charge in [-0.2, -0.15) is 0 Å². The van der Waals surface area contributed by atoms with Crippen molar-refractivity contribution in [2.45, 2.75) is 45.8 Å². The van der Waals surface area contributed by atoms with Crippen LogP contribution in [0.15, 0.2) is 48.5 Å². The van der Waals surface area contributed by atoms with Crippen LogP contribution in [0, 0.1) is 10.1 Å². The fourth-order valence-corrected chi connectivity index (χ4v) is 2.96. The number of benzene rings is 2. The molecule has 0 radical (unpaired) electrons. The fraction of sp³-hybridized carbons (Fsp3) is 0.391. The highest BCUT2D eigenvalue weighted by molar-refractivity contribution is 5.91. The van der Waals surface area contributed by atoms with Crippen LogP contribution in [0.2, 0.25) is 0 Å². The minimum atomic E-state index is -0.769. The van der Waals surface area contributed by atoms with Gasteiger partial charge in [0, 0.05) is 13.0 Å². The average Bonchev–Trinajstić information content (AvgIpc) is 2.74. The fourth-order valence-electron chi connectivity index (χ4n) is 2.96. The zero-order valence-corrected chi connectivity index (χ0v) is 18.7. The molecule has 0 fully saturated rings. The Balaban J connectivity index is 2.24. The van der Waals surface area contributed by atoms with E-state index in [9.17, 15) is 19.7 Å². The number of hydrogen-bond donors (Lipinski definition) is 0. The van der Waals surface area contributed by atoms with Crippen molar-refractivity contribution in [2.75, 3.05) is 18.6 Å². The van der Waals surface area contributed by atoms with Gasteiger partial charge in [-0.05, 0) is 44.9 Å². The number of carbonyl (C=O) groups is 2. The molecule has 0 unspecified atom stereocenters. The van der Waals surface area contributed by atoms with E-state index in [-0.39, 0.29) is 43.1 Å². The molecular formula is C23H28N2O7. The van der Waals surface area contributed by atoms with E-state index in [0.717, 1.165) is 10.5 Å². The molecule has 0 heterocycles. The molecule has 0 atom stereocenters. The summed E-state index contributed by atoms with van der Waals surface area (Å²) in [6.45, 7) is 5.30. The van der Waals surface area contributed by atoms with Crippen LogP contribution in [0.5, 0.6) is 5.75 Å². The summed E-state index contributed by atoms with van der Waals surface area (Å²) in [7, 11) is 1.31. The summed E-state index contributed by atoms with van der Waals surface area (Å²) in [6.07, 6.45) is -0.504. The highest BCUT2D eigenvalue weighted by Crippen LogP contribution is 2.37. The molecule has 0 spiro atoms. The van der Waals surface area contributed by atoms with E-state index in [1.165, 1.54) is 19.2 Å². The summed E-state index contributed by atoms with van der Waals surface area (Å²) in [5.74, 6) is -0.407. The molecule has 0 saturated heterocycles. The molecule has 1 amide bonds.